The first-order valence-electron chi connectivity index (χ1n) is 1.86. The molecule has 0 aliphatic carbocycles. The Morgan fingerprint density at radius 2 is 1.44 bits per heavy atom. The van der Waals surface area contributed by atoms with Gasteiger partial charge in [-0.3, -0.25) is 0 Å². The molecular weight excluding hydrogens is 151 g/mol. The standard InChI is InChI=1S/C2H4.CH2O3.K.2H3N/c1-2;2-1(3)4;;;/h1-2H2;(H2,2,3,4);;2*1H3. The van der Waals surface area contributed by atoms with E-state index in [0.717, 1.165) is 49.0 Å². The maximum atomic E-state index is 8.56. The molecule has 53 valence electrons. The quantitative estimate of drug-likeness (QED) is 0.395. The second-order valence-electron chi connectivity index (χ2n) is 0.783. The van der Waals surface area contributed by atoms with Crippen LogP contribution in [0.1, 0.15) is 0 Å². The number of rotatable bonds is 0. The van der Waals surface area contributed by atoms with Gasteiger partial charge in [-0.2, -0.15) is 0 Å². The SMILES string of the molecule is N.N.O=C(O)O.[CH2][CH2][K]. The molecule has 1 radical (unpaired) electrons. The van der Waals surface area contributed by atoms with Crippen LogP contribution in [0.3, 0.4) is 0 Å². The number of hydrogen-bond donors (Lipinski definition) is 4. The normalized spacial score (nSPS) is 4.78. The molecule has 0 aromatic carbocycles. The third kappa shape index (κ3) is 602. The number of carboxylic acid groups (broad SMARTS) is 2. The summed E-state index contributed by atoms with van der Waals surface area (Å²) >= 11 is 0.993. The van der Waals surface area contributed by atoms with Crippen LogP contribution in [0.15, 0.2) is 0 Å². The average molecular weight is 163 g/mol. The Kier molecular flexibility index (Phi) is 58.2. The van der Waals surface area contributed by atoms with Crippen LogP contribution in [0.25, 0.3) is 0 Å². The van der Waals surface area contributed by atoms with Crippen molar-refractivity contribution in [3.8, 4) is 0 Å². The fraction of sp³-hybridized carbons (Fsp3) is 0.333. The first kappa shape index (κ1) is 22.6. The zero-order valence-electron chi connectivity index (χ0n) is 5.63. The van der Waals surface area contributed by atoms with E-state index in [-0.39, 0.29) is 12.3 Å². The van der Waals surface area contributed by atoms with Gasteiger partial charge in [-0.25, -0.2) is 4.79 Å². The summed E-state index contributed by atoms with van der Waals surface area (Å²) in [4.78, 5) is 8.56. The molecule has 9 heavy (non-hydrogen) atoms. The van der Waals surface area contributed by atoms with Crippen LogP contribution in [0.4, 0.5) is 4.79 Å². The van der Waals surface area contributed by atoms with E-state index in [9.17, 15) is 0 Å². The van der Waals surface area contributed by atoms with Crippen LogP contribution in [0, 0.1) is 6.92 Å². The molecule has 0 unspecified atom stereocenters. The molecule has 0 spiro atoms. The maximum absolute atomic E-state index is 8.56. The average Bonchev–Trinajstić information content (AvgIpc) is 1.33. The van der Waals surface area contributed by atoms with Gasteiger partial charge in [0.15, 0.2) is 0 Å². The summed E-state index contributed by atoms with van der Waals surface area (Å²) in [5.74, 6) is 0. The Balaban J connectivity index is -0.0000000233. The van der Waals surface area contributed by atoms with Crippen molar-refractivity contribution in [2.24, 2.45) is 0 Å². The van der Waals surface area contributed by atoms with Crippen molar-refractivity contribution in [3.63, 3.8) is 0 Å². The molecule has 0 aliphatic rings. The van der Waals surface area contributed by atoms with E-state index in [2.05, 4.69) is 6.92 Å². The molecule has 0 aromatic rings. The van der Waals surface area contributed by atoms with Gasteiger partial charge in [-0.1, -0.05) is 0 Å². The van der Waals surface area contributed by atoms with E-state index in [0.29, 0.717) is 0 Å². The molecule has 0 aliphatic heterocycles. The summed E-state index contributed by atoms with van der Waals surface area (Å²) in [5, 5.41) is 13.9. The fourth-order valence-corrected chi connectivity index (χ4v) is 0. The molecule has 5 nitrogen and oxygen atoms in total. The predicted octanol–water partition coefficient (Wildman–Crippen LogP) is 0.954. The fourth-order valence-electron chi connectivity index (χ4n) is 0. The summed E-state index contributed by atoms with van der Waals surface area (Å²) < 4.78 is 1.19. The van der Waals surface area contributed by atoms with Crippen molar-refractivity contribution in [1.29, 1.82) is 0 Å². The van der Waals surface area contributed by atoms with Gasteiger partial charge in [-0.05, 0) is 0 Å². The second kappa shape index (κ2) is 23.2. The van der Waals surface area contributed by atoms with Gasteiger partial charge < -0.3 is 22.5 Å². The van der Waals surface area contributed by atoms with Crippen LogP contribution < -0.4 is 12.3 Å². The molecule has 0 heterocycles. The third-order valence-electron chi connectivity index (χ3n) is 0. The van der Waals surface area contributed by atoms with Crippen molar-refractivity contribution >= 4 is 55.1 Å². The van der Waals surface area contributed by atoms with Crippen molar-refractivity contribution in [1.82, 2.24) is 12.3 Å². The Morgan fingerprint density at radius 1 is 1.44 bits per heavy atom. The van der Waals surface area contributed by atoms with Crippen molar-refractivity contribution in [2.75, 3.05) is 0 Å². The van der Waals surface area contributed by atoms with Crippen molar-refractivity contribution < 1.29 is 15.0 Å². The monoisotopic (exact) mass is 163 g/mol. The molecule has 0 rings (SSSR count). The van der Waals surface area contributed by atoms with E-state index in [1.807, 2.05) is 0 Å². The summed E-state index contributed by atoms with van der Waals surface area (Å²) in [6.45, 7) is 3.57. The van der Waals surface area contributed by atoms with Crippen LogP contribution >= 0.6 is 0 Å². The van der Waals surface area contributed by atoms with Gasteiger partial charge in [0.1, 0.15) is 0 Å². The van der Waals surface area contributed by atoms with E-state index < -0.39 is 6.16 Å². The van der Waals surface area contributed by atoms with Gasteiger partial charge in [0.25, 0.3) is 0 Å². The van der Waals surface area contributed by atoms with Crippen molar-refractivity contribution in [2.45, 2.75) is 0.515 Å². The molecule has 0 amide bonds. The zero-order valence-corrected chi connectivity index (χ0v) is 8.75. The Morgan fingerprint density at radius 3 is 1.44 bits per heavy atom. The predicted molar refractivity (Wildman–Crippen MR) is 36.6 cm³/mol. The minimum absolute atomic E-state index is 0. The van der Waals surface area contributed by atoms with Crippen LogP contribution in [0.5, 0.6) is 0 Å². The van der Waals surface area contributed by atoms with Gasteiger partial charge in [0, 0.05) is 0 Å². The Labute approximate surface area is 88.6 Å². The van der Waals surface area contributed by atoms with E-state index in [4.69, 9.17) is 15.0 Å². The second-order valence-corrected chi connectivity index (χ2v) is 2.34. The van der Waals surface area contributed by atoms with Crippen LogP contribution in [0.2, 0.25) is 0.515 Å². The molecule has 8 N–H and O–H groups in total. The number of carbonyl (C=O) groups is 1. The molecule has 0 saturated heterocycles. The Bertz CT molecular complexity index is 48.3. The molecule has 0 atom stereocenters. The van der Waals surface area contributed by atoms with Crippen LogP contribution in [-0.2, 0) is 0 Å². The molecular formula is C3H12KN2O3. The first-order chi connectivity index (χ1) is 3.15. The summed E-state index contributed by atoms with van der Waals surface area (Å²) in [6, 6.07) is 0. The van der Waals surface area contributed by atoms with Gasteiger partial charge >= 0.3 is 62.5 Å². The van der Waals surface area contributed by atoms with Gasteiger partial charge in [-0.15, -0.1) is 0 Å². The molecule has 6 heteroatoms. The zero-order chi connectivity index (χ0) is 6.28. The summed E-state index contributed by atoms with van der Waals surface area (Å²) in [7, 11) is 0. The molecule has 0 aromatic heterocycles. The first-order valence-corrected chi connectivity index (χ1v) is 4.07. The van der Waals surface area contributed by atoms with Crippen molar-refractivity contribution in [3.05, 3.63) is 6.92 Å². The van der Waals surface area contributed by atoms with Gasteiger partial charge in [0.2, 0.25) is 0 Å². The summed E-state index contributed by atoms with van der Waals surface area (Å²) in [6.07, 6.45) is -1.83. The molecule has 0 saturated carbocycles. The van der Waals surface area contributed by atoms with Crippen LogP contribution in [-0.4, -0.2) is 65.3 Å². The topological polar surface area (TPSA) is 128 Å². The van der Waals surface area contributed by atoms with Gasteiger partial charge in [0.05, 0.1) is 0 Å². The van der Waals surface area contributed by atoms with E-state index in [1.54, 1.807) is 0 Å². The molecule has 0 bridgehead atoms. The minimum atomic E-state index is -1.83. The Hall–Kier alpha value is 0.826. The summed E-state index contributed by atoms with van der Waals surface area (Å²) in [5.41, 5.74) is 0. The van der Waals surface area contributed by atoms with E-state index in [1.165, 1.54) is 0.515 Å². The third-order valence-corrected chi connectivity index (χ3v) is 0. The number of hydrogen-bond acceptors (Lipinski definition) is 3. The van der Waals surface area contributed by atoms with E-state index >= 15 is 0 Å². The molecule has 0 fully saturated rings.